The van der Waals surface area contributed by atoms with E-state index < -0.39 is 0 Å². The highest BCUT2D eigenvalue weighted by atomic mass is 16.3. The predicted molar refractivity (Wildman–Crippen MR) is 72.6 cm³/mol. The Morgan fingerprint density at radius 2 is 2.11 bits per heavy atom. The minimum Gasteiger partial charge on any atom is -0.394 e. The van der Waals surface area contributed by atoms with Crippen molar-refractivity contribution in [3.05, 3.63) is 11.4 Å². The molecule has 0 bridgehead atoms. The van der Waals surface area contributed by atoms with Crippen LogP contribution in [0.4, 0.5) is 11.6 Å². The van der Waals surface area contributed by atoms with Gasteiger partial charge in [-0.1, -0.05) is 6.92 Å². The molecule has 18 heavy (non-hydrogen) atoms. The number of hydrogen-bond donors (Lipinski definition) is 3. The lowest BCUT2D eigenvalue weighted by Gasteiger charge is -2.29. The van der Waals surface area contributed by atoms with E-state index in [1.54, 1.807) is 0 Å². The van der Waals surface area contributed by atoms with Crippen molar-refractivity contribution in [3.8, 4) is 0 Å². The van der Waals surface area contributed by atoms with Crippen LogP contribution in [-0.2, 0) is 0 Å². The minimum atomic E-state index is -0.369. The van der Waals surface area contributed by atoms with Crippen molar-refractivity contribution in [3.63, 3.8) is 0 Å². The van der Waals surface area contributed by atoms with Crippen LogP contribution in [-0.4, -0.2) is 27.2 Å². The maximum atomic E-state index is 9.46. The molecule has 1 fully saturated rings. The summed E-state index contributed by atoms with van der Waals surface area (Å²) in [6, 6.07) is 0. The number of nitrogens with two attached hydrogens (primary N) is 1. The first-order chi connectivity index (χ1) is 8.49. The van der Waals surface area contributed by atoms with Crippen LogP contribution in [0.5, 0.6) is 0 Å². The Bertz CT molecular complexity index is 439. The van der Waals surface area contributed by atoms with Crippen molar-refractivity contribution in [2.24, 2.45) is 0 Å². The molecule has 0 saturated heterocycles. The lowest BCUT2D eigenvalue weighted by atomic mass is 10.00. The largest absolute Gasteiger partial charge is 0.394 e. The van der Waals surface area contributed by atoms with Gasteiger partial charge in [0.15, 0.2) is 0 Å². The van der Waals surface area contributed by atoms with Gasteiger partial charge in [0.05, 0.1) is 12.1 Å². The normalized spacial score (nSPS) is 18.4. The van der Waals surface area contributed by atoms with Crippen molar-refractivity contribution in [2.75, 3.05) is 17.7 Å². The van der Waals surface area contributed by atoms with Crippen LogP contribution >= 0.6 is 0 Å². The van der Waals surface area contributed by atoms with Crippen LogP contribution in [0.2, 0.25) is 0 Å². The highest BCUT2D eigenvalue weighted by Crippen LogP contribution is 2.39. The molecule has 1 atom stereocenters. The fraction of sp³-hybridized carbons (Fsp3) is 0.692. The molecular formula is C13H22N4O. The molecule has 2 rings (SSSR count). The summed E-state index contributed by atoms with van der Waals surface area (Å²) in [6.07, 6.45) is 3.10. The van der Waals surface area contributed by atoms with Gasteiger partial charge in [-0.15, -0.1) is 0 Å². The maximum absolute atomic E-state index is 9.46. The molecule has 5 heteroatoms. The fourth-order valence-corrected chi connectivity index (χ4v) is 1.72. The first-order valence-corrected chi connectivity index (χ1v) is 6.52. The Hall–Kier alpha value is -1.36. The lowest BCUT2D eigenvalue weighted by molar-refractivity contribution is 0.218. The first kappa shape index (κ1) is 13.1. The average molecular weight is 250 g/mol. The molecule has 0 aliphatic heterocycles. The third-order valence-corrected chi connectivity index (χ3v) is 3.69. The molecule has 0 radical (unpaired) electrons. The fourth-order valence-electron chi connectivity index (χ4n) is 1.72. The van der Waals surface area contributed by atoms with Crippen LogP contribution in [0, 0.1) is 6.92 Å². The number of hydrogen-bond acceptors (Lipinski definition) is 5. The van der Waals surface area contributed by atoms with Gasteiger partial charge in [-0.05, 0) is 33.1 Å². The molecule has 0 aromatic carbocycles. The van der Waals surface area contributed by atoms with Gasteiger partial charge in [-0.25, -0.2) is 9.97 Å². The summed E-state index contributed by atoms with van der Waals surface area (Å²) in [4.78, 5) is 8.90. The predicted octanol–water partition coefficient (Wildman–Crippen LogP) is 1.82. The second-order valence-corrected chi connectivity index (χ2v) is 5.41. The molecule has 4 N–H and O–H groups in total. The lowest BCUT2D eigenvalue weighted by Crippen LogP contribution is -2.38. The van der Waals surface area contributed by atoms with Crippen molar-refractivity contribution in [1.82, 2.24) is 9.97 Å². The Labute approximate surface area is 108 Å². The van der Waals surface area contributed by atoms with E-state index >= 15 is 0 Å². The summed E-state index contributed by atoms with van der Waals surface area (Å²) >= 11 is 0. The monoisotopic (exact) mass is 250 g/mol. The number of rotatable bonds is 5. The summed E-state index contributed by atoms with van der Waals surface area (Å²) < 4.78 is 0. The van der Waals surface area contributed by atoms with Crippen molar-refractivity contribution in [1.29, 1.82) is 0 Å². The van der Waals surface area contributed by atoms with Gasteiger partial charge < -0.3 is 16.2 Å². The quantitative estimate of drug-likeness (QED) is 0.742. The number of aromatic nitrogens is 2. The minimum absolute atomic E-state index is 0.0611. The number of nitrogens with one attached hydrogen (secondary N) is 1. The summed E-state index contributed by atoms with van der Waals surface area (Å²) in [7, 11) is 0. The molecular weight excluding hydrogens is 228 g/mol. The average Bonchev–Trinajstić information content (AvgIpc) is 3.18. The number of aliphatic hydroxyl groups excluding tert-OH is 1. The smallest absolute Gasteiger partial charge is 0.136 e. The molecule has 1 aliphatic rings. The third-order valence-electron chi connectivity index (χ3n) is 3.69. The van der Waals surface area contributed by atoms with Crippen LogP contribution in [0.15, 0.2) is 0 Å². The standard InChI is InChI=1S/C13H22N4O/c1-4-13(3,7-18)17-11-8(2)10(14)15-12(16-11)9-5-6-9/h9,18H,4-7H2,1-3H3,(H3,14,15,16,17). The Morgan fingerprint density at radius 1 is 1.44 bits per heavy atom. The second-order valence-electron chi connectivity index (χ2n) is 5.41. The van der Waals surface area contributed by atoms with E-state index in [9.17, 15) is 5.11 Å². The van der Waals surface area contributed by atoms with Gasteiger partial charge in [0.2, 0.25) is 0 Å². The molecule has 1 heterocycles. The summed E-state index contributed by atoms with van der Waals surface area (Å²) in [5.74, 6) is 2.58. The van der Waals surface area contributed by atoms with Gasteiger partial charge in [0.25, 0.3) is 0 Å². The van der Waals surface area contributed by atoms with E-state index in [2.05, 4.69) is 15.3 Å². The molecule has 1 unspecified atom stereocenters. The van der Waals surface area contributed by atoms with Gasteiger partial charge in [0.1, 0.15) is 17.5 Å². The second kappa shape index (κ2) is 4.72. The zero-order valence-electron chi connectivity index (χ0n) is 11.3. The van der Waals surface area contributed by atoms with Gasteiger partial charge in [-0.3, -0.25) is 0 Å². The van der Waals surface area contributed by atoms with E-state index in [1.807, 2.05) is 20.8 Å². The summed E-state index contributed by atoms with van der Waals surface area (Å²) in [6.45, 7) is 5.97. The topological polar surface area (TPSA) is 84.1 Å². The van der Waals surface area contributed by atoms with Gasteiger partial charge in [0, 0.05) is 11.5 Å². The zero-order valence-corrected chi connectivity index (χ0v) is 11.3. The van der Waals surface area contributed by atoms with Gasteiger partial charge >= 0.3 is 0 Å². The Kier molecular flexibility index (Phi) is 3.43. The number of anilines is 2. The molecule has 0 spiro atoms. The van der Waals surface area contributed by atoms with E-state index in [-0.39, 0.29) is 12.1 Å². The van der Waals surface area contributed by atoms with E-state index in [0.717, 1.165) is 36.5 Å². The van der Waals surface area contributed by atoms with Crippen molar-refractivity contribution < 1.29 is 5.11 Å². The molecule has 1 saturated carbocycles. The van der Waals surface area contributed by atoms with Crippen LogP contribution in [0.1, 0.15) is 50.4 Å². The molecule has 1 aliphatic carbocycles. The first-order valence-electron chi connectivity index (χ1n) is 6.52. The summed E-state index contributed by atoms with van der Waals surface area (Å²) in [5, 5.41) is 12.8. The number of nitrogens with zero attached hydrogens (tertiary/aromatic N) is 2. The van der Waals surface area contributed by atoms with Gasteiger partial charge in [-0.2, -0.15) is 0 Å². The Morgan fingerprint density at radius 3 is 2.61 bits per heavy atom. The highest BCUT2D eigenvalue weighted by Gasteiger charge is 2.29. The van der Waals surface area contributed by atoms with Crippen LogP contribution in [0.3, 0.4) is 0 Å². The molecule has 0 amide bonds. The molecule has 100 valence electrons. The number of aliphatic hydroxyl groups is 1. The van der Waals surface area contributed by atoms with E-state index in [4.69, 9.17) is 5.73 Å². The van der Waals surface area contributed by atoms with Crippen LogP contribution in [0.25, 0.3) is 0 Å². The summed E-state index contributed by atoms with van der Waals surface area (Å²) in [5.41, 5.74) is 6.42. The molecule has 5 nitrogen and oxygen atoms in total. The molecule has 1 aromatic rings. The number of nitrogen functional groups attached to an aromatic ring is 1. The van der Waals surface area contributed by atoms with E-state index in [0.29, 0.717) is 11.7 Å². The van der Waals surface area contributed by atoms with Crippen LogP contribution < -0.4 is 11.1 Å². The zero-order chi connectivity index (χ0) is 13.3. The molecule has 1 aromatic heterocycles. The van der Waals surface area contributed by atoms with Crippen molar-refractivity contribution in [2.45, 2.75) is 51.5 Å². The Balaban J connectivity index is 2.31. The SMILES string of the molecule is CCC(C)(CO)Nc1nc(C2CC2)nc(N)c1C. The maximum Gasteiger partial charge on any atom is 0.136 e. The van der Waals surface area contributed by atoms with Crippen molar-refractivity contribution >= 4 is 11.6 Å². The third kappa shape index (κ3) is 2.56. The van der Waals surface area contributed by atoms with E-state index in [1.165, 1.54) is 0 Å². The highest BCUT2D eigenvalue weighted by molar-refractivity contribution is 5.56.